The first-order chi connectivity index (χ1) is 10.1. The molecule has 0 saturated heterocycles. The van der Waals surface area contributed by atoms with E-state index in [-0.39, 0.29) is 0 Å². The van der Waals surface area contributed by atoms with E-state index < -0.39 is 0 Å². The molecule has 0 spiro atoms. The van der Waals surface area contributed by atoms with Crippen molar-refractivity contribution in [2.45, 2.75) is 52.4 Å². The van der Waals surface area contributed by atoms with Crippen LogP contribution in [0.25, 0.3) is 0 Å². The summed E-state index contributed by atoms with van der Waals surface area (Å²) in [6.45, 7) is 4.60. The molecule has 2 rings (SSSR count). The van der Waals surface area contributed by atoms with Crippen LogP contribution < -0.4 is 4.74 Å². The summed E-state index contributed by atoms with van der Waals surface area (Å²) < 4.78 is 5.15. The summed E-state index contributed by atoms with van der Waals surface area (Å²) in [5.41, 5.74) is 1.22. The monoisotopic (exact) mass is 288 g/mol. The summed E-state index contributed by atoms with van der Waals surface area (Å²) in [4.78, 5) is 12.3. The number of aryl methyl sites for hydroxylation is 1. The van der Waals surface area contributed by atoms with E-state index in [1.54, 1.807) is 7.11 Å². The van der Waals surface area contributed by atoms with Gasteiger partial charge >= 0.3 is 0 Å². The second-order valence-corrected chi connectivity index (χ2v) is 6.67. The van der Waals surface area contributed by atoms with Crippen molar-refractivity contribution in [2.24, 2.45) is 17.8 Å². The van der Waals surface area contributed by atoms with Crippen molar-refractivity contribution in [2.75, 3.05) is 7.11 Å². The van der Waals surface area contributed by atoms with E-state index in [1.807, 2.05) is 12.1 Å². The largest absolute Gasteiger partial charge is 0.497 e. The maximum absolute atomic E-state index is 12.3. The van der Waals surface area contributed by atoms with Gasteiger partial charge in [0.25, 0.3) is 0 Å². The zero-order chi connectivity index (χ0) is 15.2. The SMILES string of the molecule is COc1ccc(CCC(=O)C2CCC(C(C)C)CC2)cc1. The highest BCUT2D eigenvalue weighted by Gasteiger charge is 2.27. The molecule has 2 nitrogen and oxygen atoms in total. The molecule has 0 heterocycles. The van der Waals surface area contributed by atoms with E-state index in [4.69, 9.17) is 4.74 Å². The van der Waals surface area contributed by atoms with Crippen LogP contribution in [0.3, 0.4) is 0 Å². The zero-order valence-electron chi connectivity index (χ0n) is 13.6. The van der Waals surface area contributed by atoms with Crippen LogP contribution >= 0.6 is 0 Å². The van der Waals surface area contributed by atoms with Crippen molar-refractivity contribution < 1.29 is 9.53 Å². The molecular formula is C19H28O2. The van der Waals surface area contributed by atoms with Gasteiger partial charge in [-0.25, -0.2) is 0 Å². The second kappa shape index (κ2) is 7.63. The maximum Gasteiger partial charge on any atom is 0.136 e. The molecule has 1 aliphatic carbocycles. The van der Waals surface area contributed by atoms with E-state index in [2.05, 4.69) is 26.0 Å². The smallest absolute Gasteiger partial charge is 0.136 e. The number of carbonyl (C=O) groups is 1. The molecule has 2 heteroatoms. The van der Waals surface area contributed by atoms with Gasteiger partial charge in [-0.15, -0.1) is 0 Å². The van der Waals surface area contributed by atoms with Crippen molar-refractivity contribution in [3.05, 3.63) is 29.8 Å². The van der Waals surface area contributed by atoms with E-state index in [1.165, 1.54) is 18.4 Å². The van der Waals surface area contributed by atoms with Gasteiger partial charge in [0, 0.05) is 12.3 Å². The van der Waals surface area contributed by atoms with Gasteiger partial charge in [-0.05, 0) is 61.6 Å². The molecule has 0 aromatic heterocycles. The summed E-state index contributed by atoms with van der Waals surface area (Å²) in [6.07, 6.45) is 6.21. The first-order valence-corrected chi connectivity index (χ1v) is 8.25. The van der Waals surface area contributed by atoms with Gasteiger partial charge in [0.2, 0.25) is 0 Å². The van der Waals surface area contributed by atoms with Gasteiger partial charge < -0.3 is 4.74 Å². The maximum atomic E-state index is 12.3. The average Bonchev–Trinajstić information content (AvgIpc) is 2.53. The van der Waals surface area contributed by atoms with Crippen LogP contribution in [0.2, 0.25) is 0 Å². The topological polar surface area (TPSA) is 26.3 Å². The van der Waals surface area contributed by atoms with Crippen molar-refractivity contribution in [3.63, 3.8) is 0 Å². The van der Waals surface area contributed by atoms with Gasteiger partial charge in [0.05, 0.1) is 7.11 Å². The summed E-state index contributed by atoms with van der Waals surface area (Å²) in [5, 5.41) is 0. The Morgan fingerprint density at radius 3 is 2.29 bits per heavy atom. The summed E-state index contributed by atoms with van der Waals surface area (Å²) in [6, 6.07) is 8.05. The Morgan fingerprint density at radius 2 is 1.76 bits per heavy atom. The molecule has 1 aromatic rings. The van der Waals surface area contributed by atoms with Gasteiger partial charge in [-0.2, -0.15) is 0 Å². The Kier molecular flexibility index (Phi) is 5.84. The molecule has 1 fully saturated rings. The van der Waals surface area contributed by atoms with E-state index >= 15 is 0 Å². The zero-order valence-corrected chi connectivity index (χ0v) is 13.6. The molecule has 0 radical (unpaired) electrons. The molecule has 1 aromatic carbocycles. The summed E-state index contributed by atoms with van der Waals surface area (Å²) in [5.74, 6) is 3.25. The van der Waals surface area contributed by atoms with Crippen LogP contribution in [-0.4, -0.2) is 12.9 Å². The molecule has 116 valence electrons. The van der Waals surface area contributed by atoms with Gasteiger partial charge in [-0.1, -0.05) is 26.0 Å². The molecule has 21 heavy (non-hydrogen) atoms. The first-order valence-electron chi connectivity index (χ1n) is 8.25. The van der Waals surface area contributed by atoms with E-state index in [0.29, 0.717) is 18.1 Å². The minimum Gasteiger partial charge on any atom is -0.497 e. The number of hydrogen-bond acceptors (Lipinski definition) is 2. The first kappa shape index (κ1) is 16.1. The quantitative estimate of drug-likeness (QED) is 0.761. The predicted molar refractivity (Wildman–Crippen MR) is 86.6 cm³/mol. The second-order valence-electron chi connectivity index (χ2n) is 6.67. The van der Waals surface area contributed by atoms with Gasteiger partial charge in [0.15, 0.2) is 0 Å². The van der Waals surface area contributed by atoms with E-state index in [0.717, 1.165) is 36.8 Å². The number of hydrogen-bond donors (Lipinski definition) is 0. The minimum atomic E-state index is 0.318. The average molecular weight is 288 g/mol. The lowest BCUT2D eigenvalue weighted by atomic mass is 9.75. The molecule has 0 unspecified atom stereocenters. The number of ether oxygens (including phenoxy) is 1. The molecule has 0 bridgehead atoms. The molecule has 0 atom stereocenters. The fourth-order valence-corrected chi connectivity index (χ4v) is 3.37. The highest BCUT2D eigenvalue weighted by molar-refractivity contribution is 5.81. The highest BCUT2D eigenvalue weighted by atomic mass is 16.5. The molecule has 0 amide bonds. The Morgan fingerprint density at radius 1 is 1.14 bits per heavy atom. The lowest BCUT2D eigenvalue weighted by Crippen LogP contribution is -2.24. The summed E-state index contributed by atoms with van der Waals surface area (Å²) >= 11 is 0. The third-order valence-corrected chi connectivity index (χ3v) is 4.99. The normalized spacial score (nSPS) is 22.3. The Balaban J connectivity index is 1.77. The molecule has 1 saturated carbocycles. The Labute approximate surface area is 128 Å². The highest BCUT2D eigenvalue weighted by Crippen LogP contribution is 2.34. The number of benzene rings is 1. The third-order valence-electron chi connectivity index (χ3n) is 4.99. The minimum absolute atomic E-state index is 0.318. The number of methoxy groups -OCH3 is 1. The number of ketones is 1. The van der Waals surface area contributed by atoms with Crippen molar-refractivity contribution in [3.8, 4) is 5.75 Å². The standard InChI is InChI=1S/C19H28O2/c1-14(2)16-7-9-17(10-8-16)19(20)13-6-15-4-11-18(21-3)12-5-15/h4-5,11-12,14,16-17H,6-10,13H2,1-3H3. The van der Waals surface area contributed by atoms with Crippen LogP contribution in [0, 0.1) is 17.8 Å². The van der Waals surface area contributed by atoms with Crippen LogP contribution in [0.1, 0.15) is 51.5 Å². The molecule has 0 aliphatic heterocycles. The fraction of sp³-hybridized carbons (Fsp3) is 0.632. The third kappa shape index (κ3) is 4.59. The summed E-state index contributed by atoms with van der Waals surface area (Å²) in [7, 11) is 1.67. The molecular weight excluding hydrogens is 260 g/mol. The Hall–Kier alpha value is -1.31. The van der Waals surface area contributed by atoms with Crippen LogP contribution in [0.15, 0.2) is 24.3 Å². The van der Waals surface area contributed by atoms with Gasteiger partial charge in [-0.3, -0.25) is 4.79 Å². The molecule has 0 N–H and O–H groups in total. The van der Waals surface area contributed by atoms with E-state index in [9.17, 15) is 4.79 Å². The van der Waals surface area contributed by atoms with Gasteiger partial charge in [0.1, 0.15) is 11.5 Å². The van der Waals surface area contributed by atoms with Crippen molar-refractivity contribution >= 4 is 5.78 Å². The lowest BCUT2D eigenvalue weighted by molar-refractivity contribution is -0.124. The molecule has 1 aliphatic rings. The number of carbonyl (C=O) groups excluding carboxylic acids is 1. The predicted octanol–water partition coefficient (Wildman–Crippen LogP) is 4.66. The van der Waals surface area contributed by atoms with Crippen LogP contribution in [0.4, 0.5) is 0 Å². The number of Topliss-reactive ketones (excluding diaryl/α,β-unsaturated/α-hetero) is 1. The van der Waals surface area contributed by atoms with Crippen molar-refractivity contribution in [1.29, 1.82) is 0 Å². The fourth-order valence-electron chi connectivity index (χ4n) is 3.37. The van der Waals surface area contributed by atoms with Crippen molar-refractivity contribution in [1.82, 2.24) is 0 Å². The Bertz CT molecular complexity index is 439. The number of rotatable bonds is 6. The lowest BCUT2D eigenvalue weighted by Gasteiger charge is -2.30. The van der Waals surface area contributed by atoms with Crippen LogP contribution in [-0.2, 0) is 11.2 Å². The van der Waals surface area contributed by atoms with Crippen LogP contribution in [0.5, 0.6) is 5.75 Å².